The molecule has 1 amide bonds. The second-order valence-electron chi connectivity index (χ2n) is 5.17. The summed E-state index contributed by atoms with van der Waals surface area (Å²) in [5.74, 6) is -1.84. The number of nitro groups is 1. The van der Waals surface area contributed by atoms with E-state index in [-0.39, 0.29) is 23.3 Å². The zero-order valence-corrected chi connectivity index (χ0v) is 11.9. The molecular formula is C14H16N2O6. The van der Waals surface area contributed by atoms with Crippen LogP contribution in [0.5, 0.6) is 0 Å². The number of nitrogens with zero attached hydrogens (tertiary/aromatic N) is 1. The highest BCUT2D eigenvalue weighted by atomic mass is 16.6. The summed E-state index contributed by atoms with van der Waals surface area (Å²) in [6.07, 6.45) is 2.34. The number of ether oxygens (including phenoxy) is 1. The van der Waals surface area contributed by atoms with Crippen molar-refractivity contribution in [2.75, 3.05) is 7.11 Å². The summed E-state index contributed by atoms with van der Waals surface area (Å²) >= 11 is 0. The number of aromatic carboxylic acids is 1. The number of hydrogen-bond acceptors (Lipinski definition) is 5. The van der Waals surface area contributed by atoms with Crippen LogP contribution in [0.15, 0.2) is 18.2 Å². The summed E-state index contributed by atoms with van der Waals surface area (Å²) in [5, 5.41) is 22.6. The molecule has 2 rings (SSSR count). The van der Waals surface area contributed by atoms with Crippen molar-refractivity contribution in [3.8, 4) is 0 Å². The number of amides is 1. The van der Waals surface area contributed by atoms with E-state index >= 15 is 0 Å². The van der Waals surface area contributed by atoms with Crippen molar-refractivity contribution in [2.45, 2.75) is 31.4 Å². The fraction of sp³-hybridized carbons (Fsp3) is 0.429. The highest BCUT2D eigenvalue weighted by Gasteiger charge is 2.26. The summed E-state index contributed by atoms with van der Waals surface area (Å²) in [6, 6.07) is 3.05. The number of nitrogens with one attached hydrogen (secondary N) is 1. The van der Waals surface area contributed by atoms with Crippen LogP contribution in [0.3, 0.4) is 0 Å². The van der Waals surface area contributed by atoms with Gasteiger partial charge in [0.15, 0.2) is 0 Å². The third-order valence-electron chi connectivity index (χ3n) is 3.69. The van der Waals surface area contributed by atoms with E-state index in [4.69, 9.17) is 9.84 Å². The van der Waals surface area contributed by atoms with Gasteiger partial charge in [0.05, 0.1) is 16.6 Å². The van der Waals surface area contributed by atoms with Crippen molar-refractivity contribution in [1.82, 2.24) is 5.32 Å². The number of methoxy groups -OCH3 is 1. The molecule has 1 saturated carbocycles. The van der Waals surface area contributed by atoms with Gasteiger partial charge in [0.2, 0.25) is 0 Å². The molecule has 0 heterocycles. The average molecular weight is 308 g/mol. The lowest BCUT2D eigenvalue weighted by atomic mass is 10.1. The third kappa shape index (κ3) is 3.59. The fourth-order valence-electron chi connectivity index (χ4n) is 2.53. The fourth-order valence-corrected chi connectivity index (χ4v) is 2.53. The molecule has 0 aromatic heterocycles. The van der Waals surface area contributed by atoms with E-state index in [1.165, 1.54) is 0 Å². The van der Waals surface area contributed by atoms with Crippen LogP contribution in [0.25, 0.3) is 0 Å². The maximum Gasteiger partial charge on any atom is 0.335 e. The van der Waals surface area contributed by atoms with E-state index in [9.17, 15) is 19.7 Å². The van der Waals surface area contributed by atoms with Gasteiger partial charge in [-0.1, -0.05) is 0 Å². The van der Waals surface area contributed by atoms with Gasteiger partial charge in [0, 0.05) is 30.8 Å². The molecule has 1 aliphatic carbocycles. The molecule has 1 aromatic carbocycles. The molecule has 2 unspecified atom stereocenters. The Balaban J connectivity index is 2.18. The van der Waals surface area contributed by atoms with E-state index < -0.39 is 22.5 Å². The molecule has 1 aliphatic rings. The summed E-state index contributed by atoms with van der Waals surface area (Å²) < 4.78 is 5.21. The summed E-state index contributed by atoms with van der Waals surface area (Å²) in [4.78, 5) is 33.3. The molecule has 0 bridgehead atoms. The quantitative estimate of drug-likeness (QED) is 0.629. The Bertz CT molecular complexity index is 583. The Morgan fingerprint density at radius 2 is 2.00 bits per heavy atom. The number of nitro benzene ring substituents is 1. The number of carbonyl (C=O) groups is 2. The van der Waals surface area contributed by atoms with E-state index in [2.05, 4.69) is 5.32 Å². The largest absolute Gasteiger partial charge is 0.478 e. The predicted molar refractivity (Wildman–Crippen MR) is 76.0 cm³/mol. The Morgan fingerprint density at radius 3 is 2.55 bits per heavy atom. The number of carboxylic acids is 1. The van der Waals surface area contributed by atoms with Gasteiger partial charge in [-0.05, 0) is 25.3 Å². The van der Waals surface area contributed by atoms with Crippen LogP contribution in [-0.2, 0) is 4.74 Å². The standard InChI is InChI=1S/C14H16N2O6/c1-22-12-3-2-10(7-12)15-13(17)8-4-9(14(18)19)6-11(5-8)16(20)21/h4-6,10,12H,2-3,7H2,1H3,(H,15,17)(H,18,19). The van der Waals surface area contributed by atoms with Gasteiger partial charge in [0.1, 0.15) is 0 Å². The summed E-state index contributed by atoms with van der Waals surface area (Å²) in [6.45, 7) is 0. The first-order chi connectivity index (χ1) is 10.4. The van der Waals surface area contributed by atoms with Crippen LogP contribution in [0, 0.1) is 10.1 Å². The number of hydrogen-bond donors (Lipinski definition) is 2. The van der Waals surface area contributed by atoms with Crippen molar-refractivity contribution in [2.24, 2.45) is 0 Å². The molecule has 1 aromatic rings. The monoisotopic (exact) mass is 308 g/mol. The van der Waals surface area contributed by atoms with Gasteiger partial charge in [-0.25, -0.2) is 4.79 Å². The smallest absolute Gasteiger partial charge is 0.335 e. The first-order valence-electron chi connectivity index (χ1n) is 6.77. The van der Waals surface area contributed by atoms with Crippen LogP contribution in [0.1, 0.15) is 40.0 Å². The SMILES string of the molecule is COC1CCC(NC(=O)c2cc(C(=O)O)cc([N+](=O)[O-])c2)C1. The Morgan fingerprint density at radius 1 is 1.32 bits per heavy atom. The molecule has 0 radical (unpaired) electrons. The van der Waals surface area contributed by atoms with Gasteiger partial charge in [0.25, 0.3) is 11.6 Å². The maximum absolute atomic E-state index is 12.2. The number of carboxylic acid groups (broad SMARTS) is 1. The topological polar surface area (TPSA) is 119 Å². The van der Waals surface area contributed by atoms with Gasteiger partial charge in [-0.3, -0.25) is 14.9 Å². The first-order valence-corrected chi connectivity index (χ1v) is 6.77. The molecule has 8 nitrogen and oxygen atoms in total. The number of non-ortho nitro benzene ring substituents is 1. The molecular weight excluding hydrogens is 292 g/mol. The third-order valence-corrected chi connectivity index (χ3v) is 3.69. The second-order valence-corrected chi connectivity index (χ2v) is 5.17. The zero-order chi connectivity index (χ0) is 16.3. The van der Waals surface area contributed by atoms with Crippen molar-refractivity contribution in [1.29, 1.82) is 0 Å². The summed E-state index contributed by atoms with van der Waals surface area (Å²) in [5.41, 5.74) is -0.751. The van der Waals surface area contributed by atoms with Gasteiger partial charge < -0.3 is 15.2 Å². The first kappa shape index (κ1) is 15.9. The van der Waals surface area contributed by atoms with Crippen LogP contribution in [-0.4, -0.2) is 41.2 Å². The molecule has 0 aliphatic heterocycles. The molecule has 2 atom stereocenters. The molecule has 8 heteroatoms. The Kier molecular flexibility index (Phi) is 4.71. The van der Waals surface area contributed by atoms with E-state index in [1.54, 1.807) is 7.11 Å². The van der Waals surface area contributed by atoms with Gasteiger partial charge in [-0.15, -0.1) is 0 Å². The van der Waals surface area contributed by atoms with Crippen LogP contribution < -0.4 is 5.32 Å². The van der Waals surface area contributed by atoms with E-state index in [0.717, 1.165) is 31.0 Å². The molecule has 0 saturated heterocycles. The molecule has 22 heavy (non-hydrogen) atoms. The van der Waals surface area contributed by atoms with Crippen molar-refractivity contribution >= 4 is 17.6 Å². The molecule has 118 valence electrons. The second kappa shape index (κ2) is 6.52. The highest BCUT2D eigenvalue weighted by Crippen LogP contribution is 2.23. The van der Waals surface area contributed by atoms with Gasteiger partial charge >= 0.3 is 5.97 Å². The lowest BCUT2D eigenvalue weighted by molar-refractivity contribution is -0.384. The number of benzene rings is 1. The van der Waals surface area contributed by atoms with E-state index in [1.807, 2.05) is 0 Å². The van der Waals surface area contributed by atoms with Crippen molar-refractivity contribution in [3.63, 3.8) is 0 Å². The lowest BCUT2D eigenvalue weighted by Gasteiger charge is -2.13. The van der Waals surface area contributed by atoms with E-state index in [0.29, 0.717) is 6.42 Å². The zero-order valence-electron chi connectivity index (χ0n) is 11.9. The molecule has 2 N–H and O–H groups in total. The van der Waals surface area contributed by atoms with Gasteiger partial charge in [-0.2, -0.15) is 0 Å². The molecule has 0 spiro atoms. The van der Waals surface area contributed by atoms with Crippen LogP contribution in [0.4, 0.5) is 5.69 Å². The van der Waals surface area contributed by atoms with Crippen molar-refractivity contribution < 1.29 is 24.4 Å². The normalized spacial score (nSPS) is 20.6. The Hall–Kier alpha value is -2.48. The van der Waals surface area contributed by atoms with Crippen molar-refractivity contribution in [3.05, 3.63) is 39.4 Å². The predicted octanol–water partition coefficient (Wildman–Crippen LogP) is 1.59. The number of carbonyl (C=O) groups excluding carboxylic acids is 1. The van der Waals surface area contributed by atoms with Crippen LogP contribution in [0.2, 0.25) is 0 Å². The minimum Gasteiger partial charge on any atom is -0.478 e. The minimum atomic E-state index is -1.32. The lowest BCUT2D eigenvalue weighted by Crippen LogP contribution is -2.33. The summed E-state index contributed by atoms with van der Waals surface area (Å²) in [7, 11) is 1.61. The van der Waals surface area contributed by atoms with Crippen LogP contribution >= 0.6 is 0 Å². The highest BCUT2D eigenvalue weighted by molar-refractivity contribution is 5.98. The maximum atomic E-state index is 12.2. The minimum absolute atomic E-state index is 0.0348. The average Bonchev–Trinajstić information content (AvgIpc) is 2.94. The Labute approximate surface area is 126 Å². The number of rotatable bonds is 5. The molecule has 1 fully saturated rings.